The standard InChI is InChI=1S/C13H16Si/c1-11-7-5-6-10-13(11,2)14-12-8-3-4-9-12/h3-12H,1-2H3. The van der Waals surface area contributed by atoms with Gasteiger partial charge in [0.1, 0.15) is 0 Å². The van der Waals surface area contributed by atoms with Crippen molar-refractivity contribution in [2.45, 2.75) is 24.4 Å². The molecule has 0 saturated carbocycles. The third kappa shape index (κ3) is 1.83. The van der Waals surface area contributed by atoms with Crippen molar-refractivity contribution in [1.82, 2.24) is 0 Å². The maximum absolute atomic E-state index is 2.37. The molecule has 0 aliphatic heterocycles. The van der Waals surface area contributed by atoms with Crippen LogP contribution in [0.25, 0.3) is 0 Å². The molecule has 2 aliphatic rings. The van der Waals surface area contributed by atoms with E-state index in [1.54, 1.807) is 0 Å². The van der Waals surface area contributed by atoms with Gasteiger partial charge in [-0.1, -0.05) is 62.5 Å². The van der Waals surface area contributed by atoms with Crippen LogP contribution < -0.4 is 0 Å². The van der Waals surface area contributed by atoms with Crippen LogP contribution in [-0.2, 0) is 0 Å². The van der Waals surface area contributed by atoms with Crippen molar-refractivity contribution in [2.24, 2.45) is 5.92 Å². The molecule has 2 aliphatic carbocycles. The van der Waals surface area contributed by atoms with Gasteiger partial charge in [-0.2, -0.15) is 0 Å². The first kappa shape index (κ1) is 9.72. The summed E-state index contributed by atoms with van der Waals surface area (Å²) in [5.41, 5.74) is 0.665. The van der Waals surface area contributed by atoms with Crippen LogP contribution in [0.15, 0.2) is 48.6 Å². The van der Waals surface area contributed by atoms with Gasteiger partial charge in [0, 0.05) is 0 Å². The van der Waals surface area contributed by atoms with E-state index >= 15 is 0 Å². The Morgan fingerprint density at radius 1 is 1.00 bits per heavy atom. The highest BCUT2D eigenvalue weighted by Crippen LogP contribution is 2.42. The van der Waals surface area contributed by atoms with E-state index in [2.05, 4.69) is 62.5 Å². The predicted molar refractivity (Wildman–Crippen MR) is 63.6 cm³/mol. The van der Waals surface area contributed by atoms with Gasteiger partial charge in [0.2, 0.25) is 0 Å². The van der Waals surface area contributed by atoms with E-state index in [9.17, 15) is 0 Å². The molecule has 0 bridgehead atoms. The fourth-order valence-electron chi connectivity index (χ4n) is 1.90. The molecule has 0 fully saturated rings. The summed E-state index contributed by atoms with van der Waals surface area (Å²) in [6.07, 6.45) is 18.0. The van der Waals surface area contributed by atoms with Crippen molar-refractivity contribution in [2.75, 3.05) is 0 Å². The van der Waals surface area contributed by atoms with Gasteiger partial charge in [-0.05, 0) is 16.5 Å². The first-order chi connectivity index (χ1) is 6.71. The van der Waals surface area contributed by atoms with Crippen molar-refractivity contribution >= 4 is 9.52 Å². The minimum absolute atomic E-state index is 0.360. The molecule has 2 unspecified atom stereocenters. The Balaban J connectivity index is 2.08. The van der Waals surface area contributed by atoms with Crippen LogP contribution in [0, 0.1) is 5.92 Å². The molecular weight excluding hydrogens is 184 g/mol. The first-order valence-corrected chi connectivity index (χ1v) is 6.27. The van der Waals surface area contributed by atoms with Crippen LogP contribution >= 0.6 is 0 Å². The Morgan fingerprint density at radius 2 is 1.64 bits per heavy atom. The maximum Gasteiger partial charge on any atom is 0.0648 e. The van der Waals surface area contributed by atoms with Gasteiger partial charge in [0.05, 0.1) is 9.52 Å². The zero-order valence-corrected chi connectivity index (χ0v) is 9.77. The molecule has 0 aromatic carbocycles. The van der Waals surface area contributed by atoms with Crippen molar-refractivity contribution in [3.63, 3.8) is 0 Å². The van der Waals surface area contributed by atoms with E-state index in [4.69, 9.17) is 0 Å². The number of hydrogen-bond donors (Lipinski definition) is 0. The van der Waals surface area contributed by atoms with Gasteiger partial charge in [0.25, 0.3) is 0 Å². The molecular formula is C13H16Si. The lowest BCUT2D eigenvalue weighted by Gasteiger charge is -2.33. The molecule has 0 nitrogen and oxygen atoms in total. The van der Waals surface area contributed by atoms with Crippen LogP contribution in [0.5, 0.6) is 0 Å². The largest absolute Gasteiger partial charge is 0.0812 e. The van der Waals surface area contributed by atoms with E-state index in [1.165, 1.54) is 0 Å². The SMILES string of the molecule is CC1C=CC=CC1(C)[Si]C1C=CC=C1. The molecule has 14 heavy (non-hydrogen) atoms. The Hall–Kier alpha value is -0.823. The molecule has 0 saturated heterocycles. The van der Waals surface area contributed by atoms with Crippen LogP contribution in [0.1, 0.15) is 13.8 Å². The van der Waals surface area contributed by atoms with Gasteiger partial charge in [-0.15, -0.1) is 0 Å². The minimum Gasteiger partial charge on any atom is -0.0812 e. The van der Waals surface area contributed by atoms with Crippen LogP contribution in [0.2, 0.25) is 10.6 Å². The molecule has 0 aromatic rings. The van der Waals surface area contributed by atoms with Crippen molar-refractivity contribution < 1.29 is 0 Å². The summed E-state index contributed by atoms with van der Waals surface area (Å²) in [6, 6.07) is 0. The van der Waals surface area contributed by atoms with Gasteiger partial charge in [-0.3, -0.25) is 0 Å². The molecule has 0 N–H and O–H groups in total. The topological polar surface area (TPSA) is 0 Å². The second-order valence-corrected chi connectivity index (χ2v) is 6.29. The normalized spacial score (nSPS) is 35.7. The molecule has 1 heteroatoms. The molecule has 2 rings (SSSR count). The van der Waals surface area contributed by atoms with Crippen LogP contribution in [-0.4, -0.2) is 9.52 Å². The fraction of sp³-hybridized carbons (Fsp3) is 0.385. The number of hydrogen-bond acceptors (Lipinski definition) is 0. The Labute approximate surface area is 88.9 Å². The maximum atomic E-state index is 2.37. The summed E-state index contributed by atoms with van der Waals surface area (Å²) >= 11 is 0. The monoisotopic (exact) mass is 200 g/mol. The van der Waals surface area contributed by atoms with Crippen LogP contribution in [0.4, 0.5) is 0 Å². The Bertz CT molecular complexity index is 310. The summed E-state index contributed by atoms with van der Waals surface area (Å²) in [4.78, 5) is 0. The van der Waals surface area contributed by atoms with Gasteiger partial charge < -0.3 is 0 Å². The molecule has 0 amide bonds. The Kier molecular flexibility index (Phi) is 2.59. The van der Waals surface area contributed by atoms with E-state index in [0.29, 0.717) is 16.5 Å². The van der Waals surface area contributed by atoms with Crippen molar-refractivity contribution in [1.29, 1.82) is 0 Å². The fourth-order valence-corrected chi connectivity index (χ4v) is 3.59. The highest BCUT2D eigenvalue weighted by atomic mass is 28.2. The average molecular weight is 200 g/mol. The molecule has 0 aromatic heterocycles. The summed E-state index contributed by atoms with van der Waals surface area (Å²) < 4.78 is 0. The lowest BCUT2D eigenvalue weighted by Crippen LogP contribution is -2.25. The Morgan fingerprint density at radius 3 is 2.29 bits per heavy atom. The third-order valence-corrected chi connectivity index (χ3v) is 5.09. The summed E-state index contributed by atoms with van der Waals surface area (Å²) in [5.74, 6) is 0.660. The van der Waals surface area contributed by atoms with Crippen LogP contribution in [0.3, 0.4) is 0 Å². The molecule has 72 valence electrons. The van der Waals surface area contributed by atoms with Crippen molar-refractivity contribution in [3.8, 4) is 0 Å². The second-order valence-electron chi connectivity index (χ2n) is 4.26. The summed E-state index contributed by atoms with van der Waals surface area (Å²) in [6.45, 7) is 4.69. The molecule has 0 spiro atoms. The second kappa shape index (κ2) is 3.74. The minimum atomic E-state index is 0.360. The lowest BCUT2D eigenvalue weighted by atomic mass is 9.90. The van der Waals surface area contributed by atoms with E-state index in [0.717, 1.165) is 9.52 Å². The van der Waals surface area contributed by atoms with Gasteiger partial charge >= 0.3 is 0 Å². The summed E-state index contributed by atoms with van der Waals surface area (Å²) in [5, 5.41) is 0.360. The van der Waals surface area contributed by atoms with Gasteiger partial charge in [-0.25, -0.2) is 0 Å². The van der Waals surface area contributed by atoms with Gasteiger partial charge in [0.15, 0.2) is 0 Å². The summed E-state index contributed by atoms with van der Waals surface area (Å²) in [7, 11) is 0.957. The first-order valence-electron chi connectivity index (χ1n) is 5.19. The van der Waals surface area contributed by atoms with E-state index in [1.807, 2.05) is 0 Å². The zero-order chi connectivity index (χ0) is 10.0. The quantitative estimate of drug-likeness (QED) is 0.598. The third-order valence-electron chi connectivity index (χ3n) is 3.12. The number of rotatable bonds is 2. The average Bonchev–Trinajstić information content (AvgIpc) is 2.63. The zero-order valence-electron chi connectivity index (χ0n) is 8.77. The highest BCUT2D eigenvalue weighted by Gasteiger charge is 2.30. The number of allylic oxidation sites excluding steroid dienone is 8. The molecule has 2 radical (unpaired) electrons. The lowest BCUT2D eigenvalue weighted by molar-refractivity contribution is 0.565. The van der Waals surface area contributed by atoms with E-state index < -0.39 is 0 Å². The highest BCUT2D eigenvalue weighted by molar-refractivity contribution is 6.44. The van der Waals surface area contributed by atoms with Crippen molar-refractivity contribution in [3.05, 3.63) is 48.6 Å². The smallest absolute Gasteiger partial charge is 0.0648 e. The molecule has 2 atom stereocenters. The molecule has 0 heterocycles. The predicted octanol–water partition coefficient (Wildman–Crippen LogP) is 3.55. The van der Waals surface area contributed by atoms with E-state index in [-0.39, 0.29) is 0 Å².